The first-order chi connectivity index (χ1) is 12.2. The second-order valence-electron chi connectivity index (χ2n) is 6.97. The maximum Gasteiger partial charge on any atom is 0.193 e. The molecule has 1 spiro atoms. The van der Waals surface area contributed by atoms with Gasteiger partial charge in [0.1, 0.15) is 0 Å². The van der Waals surface area contributed by atoms with Crippen molar-refractivity contribution in [1.82, 2.24) is 10.2 Å². The number of phenols is 1. The van der Waals surface area contributed by atoms with Crippen molar-refractivity contribution < 1.29 is 14.6 Å². The fraction of sp³-hybridized carbons (Fsp3) is 0.632. The average molecular weight is 347 g/mol. The van der Waals surface area contributed by atoms with Gasteiger partial charge in [-0.2, -0.15) is 0 Å². The molecule has 2 aliphatic heterocycles. The summed E-state index contributed by atoms with van der Waals surface area (Å²) >= 11 is 0. The van der Waals surface area contributed by atoms with Crippen LogP contribution in [0.3, 0.4) is 0 Å². The number of methoxy groups -OCH3 is 1. The number of benzene rings is 1. The molecule has 138 valence electrons. The Labute approximate surface area is 149 Å². The summed E-state index contributed by atoms with van der Waals surface area (Å²) in [4.78, 5) is 7.18. The molecule has 0 bridgehead atoms. The maximum absolute atomic E-state index is 9.68. The van der Waals surface area contributed by atoms with Gasteiger partial charge in [0.25, 0.3) is 0 Å². The van der Waals surface area contributed by atoms with Gasteiger partial charge in [0.2, 0.25) is 0 Å². The largest absolute Gasteiger partial charge is 0.504 e. The quantitative estimate of drug-likeness (QED) is 0.630. The van der Waals surface area contributed by atoms with E-state index in [-0.39, 0.29) is 5.75 Å². The lowest BCUT2D eigenvalue weighted by Crippen LogP contribution is -2.41. The standard InChI is InChI=1S/C19H29N3O3/c1-3-20-18(22-10-7-19(13-22)8-11-25-14-19)21-9-6-15-4-5-16(23)17(12-15)24-2/h4-5,12,23H,3,6-11,13-14H2,1-2H3,(H,20,21). The highest BCUT2D eigenvalue weighted by atomic mass is 16.5. The first kappa shape index (κ1) is 17.9. The topological polar surface area (TPSA) is 66.3 Å². The molecule has 0 aliphatic carbocycles. The van der Waals surface area contributed by atoms with Crippen LogP contribution in [-0.4, -0.2) is 62.5 Å². The van der Waals surface area contributed by atoms with Crippen LogP contribution in [0.1, 0.15) is 25.3 Å². The summed E-state index contributed by atoms with van der Waals surface area (Å²) in [6, 6.07) is 5.47. The minimum Gasteiger partial charge on any atom is -0.504 e. The van der Waals surface area contributed by atoms with Crippen LogP contribution < -0.4 is 10.1 Å². The monoisotopic (exact) mass is 347 g/mol. The molecule has 2 heterocycles. The highest BCUT2D eigenvalue weighted by molar-refractivity contribution is 5.80. The molecular weight excluding hydrogens is 318 g/mol. The van der Waals surface area contributed by atoms with Crippen molar-refractivity contribution in [2.24, 2.45) is 10.4 Å². The predicted molar refractivity (Wildman–Crippen MR) is 98.4 cm³/mol. The zero-order valence-electron chi connectivity index (χ0n) is 15.3. The molecule has 1 aromatic carbocycles. The normalized spacial score (nSPS) is 23.4. The molecule has 6 nitrogen and oxygen atoms in total. The summed E-state index contributed by atoms with van der Waals surface area (Å²) < 4.78 is 10.8. The number of rotatable bonds is 5. The third-order valence-electron chi connectivity index (χ3n) is 5.16. The number of nitrogens with zero attached hydrogens (tertiary/aromatic N) is 2. The van der Waals surface area contributed by atoms with Crippen LogP contribution >= 0.6 is 0 Å². The molecular formula is C19H29N3O3. The highest BCUT2D eigenvalue weighted by Crippen LogP contribution is 2.38. The van der Waals surface area contributed by atoms with Gasteiger partial charge in [-0.25, -0.2) is 0 Å². The average Bonchev–Trinajstić information content (AvgIpc) is 3.26. The van der Waals surface area contributed by atoms with Crippen molar-refractivity contribution in [3.05, 3.63) is 23.8 Å². The number of ether oxygens (including phenoxy) is 2. The Kier molecular flexibility index (Phi) is 5.68. The van der Waals surface area contributed by atoms with Crippen molar-refractivity contribution in [2.75, 3.05) is 46.5 Å². The van der Waals surface area contributed by atoms with E-state index in [2.05, 4.69) is 17.1 Å². The van der Waals surface area contributed by atoms with Crippen molar-refractivity contribution in [2.45, 2.75) is 26.2 Å². The SMILES string of the molecule is CCNC(=NCCc1ccc(O)c(OC)c1)N1CCC2(CCOC2)C1. The minimum atomic E-state index is 0.171. The van der Waals surface area contributed by atoms with Crippen LogP contribution in [0.2, 0.25) is 0 Å². The van der Waals surface area contributed by atoms with E-state index < -0.39 is 0 Å². The number of nitrogens with one attached hydrogen (secondary N) is 1. The van der Waals surface area contributed by atoms with E-state index in [1.807, 2.05) is 12.1 Å². The number of guanidine groups is 1. The Balaban J connectivity index is 1.61. The molecule has 0 saturated carbocycles. The van der Waals surface area contributed by atoms with Gasteiger partial charge in [-0.3, -0.25) is 4.99 Å². The van der Waals surface area contributed by atoms with Crippen LogP contribution in [-0.2, 0) is 11.2 Å². The number of hydrogen-bond acceptors (Lipinski definition) is 4. The third-order valence-corrected chi connectivity index (χ3v) is 5.16. The number of hydrogen-bond donors (Lipinski definition) is 2. The van der Waals surface area contributed by atoms with Gasteiger partial charge in [0, 0.05) is 38.2 Å². The number of phenolic OH excluding ortho intramolecular Hbond substituents is 1. The van der Waals surface area contributed by atoms with Gasteiger partial charge in [0.05, 0.1) is 13.7 Å². The van der Waals surface area contributed by atoms with Gasteiger partial charge in [-0.05, 0) is 43.9 Å². The molecule has 2 saturated heterocycles. The summed E-state index contributed by atoms with van der Waals surface area (Å²) in [7, 11) is 1.57. The molecule has 2 N–H and O–H groups in total. The Bertz CT molecular complexity index is 612. The van der Waals surface area contributed by atoms with Crippen LogP contribution in [0.5, 0.6) is 11.5 Å². The summed E-state index contributed by atoms with van der Waals surface area (Å²) in [6.07, 6.45) is 3.16. The van der Waals surface area contributed by atoms with Crippen LogP contribution in [0.25, 0.3) is 0 Å². The second-order valence-corrected chi connectivity index (χ2v) is 6.97. The van der Waals surface area contributed by atoms with Crippen molar-refractivity contribution in [1.29, 1.82) is 0 Å². The van der Waals surface area contributed by atoms with E-state index in [0.29, 0.717) is 17.7 Å². The first-order valence-corrected chi connectivity index (χ1v) is 9.13. The van der Waals surface area contributed by atoms with Gasteiger partial charge in [0.15, 0.2) is 17.5 Å². The van der Waals surface area contributed by atoms with E-state index in [0.717, 1.165) is 57.2 Å². The Morgan fingerprint density at radius 2 is 2.32 bits per heavy atom. The summed E-state index contributed by atoms with van der Waals surface area (Å²) in [5.74, 6) is 1.68. The minimum absolute atomic E-state index is 0.171. The molecule has 2 fully saturated rings. The Morgan fingerprint density at radius 1 is 1.44 bits per heavy atom. The molecule has 25 heavy (non-hydrogen) atoms. The molecule has 1 atom stereocenters. The van der Waals surface area contributed by atoms with E-state index in [4.69, 9.17) is 14.5 Å². The number of aliphatic imine (C=N–C) groups is 1. The van der Waals surface area contributed by atoms with E-state index in [1.165, 1.54) is 6.42 Å². The lowest BCUT2D eigenvalue weighted by atomic mass is 9.87. The van der Waals surface area contributed by atoms with Crippen LogP contribution in [0.15, 0.2) is 23.2 Å². The molecule has 0 amide bonds. The summed E-state index contributed by atoms with van der Waals surface area (Å²) in [5.41, 5.74) is 1.44. The highest BCUT2D eigenvalue weighted by Gasteiger charge is 2.42. The maximum atomic E-state index is 9.68. The lowest BCUT2D eigenvalue weighted by Gasteiger charge is -2.25. The second kappa shape index (κ2) is 7.95. The number of likely N-dealkylation sites (tertiary alicyclic amines) is 1. The fourth-order valence-corrected chi connectivity index (χ4v) is 3.68. The summed E-state index contributed by atoms with van der Waals surface area (Å²) in [6.45, 7) is 7.53. The Hall–Kier alpha value is -1.95. The fourth-order valence-electron chi connectivity index (χ4n) is 3.68. The van der Waals surface area contributed by atoms with Gasteiger partial charge in [-0.15, -0.1) is 0 Å². The lowest BCUT2D eigenvalue weighted by molar-refractivity contribution is 0.156. The molecule has 0 aromatic heterocycles. The Morgan fingerprint density at radius 3 is 3.04 bits per heavy atom. The predicted octanol–water partition coefficient (Wildman–Crippen LogP) is 2.02. The van der Waals surface area contributed by atoms with Crippen molar-refractivity contribution in [3.8, 4) is 11.5 Å². The molecule has 0 radical (unpaired) electrons. The van der Waals surface area contributed by atoms with Gasteiger partial charge >= 0.3 is 0 Å². The van der Waals surface area contributed by atoms with Crippen molar-refractivity contribution in [3.63, 3.8) is 0 Å². The molecule has 1 unspecified atom stereocenters. The van der Waals surface area contributed by atoms with E-state index >= 15 is 0 Å². The van der Waals surface area contributed by atoms with Crippen molar-refractivity contribution >= 4 is 5.96 Å². The van der Waals surface area contributed by atoms with Crippen LogP contribution in [0.4, 0.5) is 0 Å². The third kappa shape index (κ3) is 4.18. The zero-order valence-corrected chi connectivity index (χ0v) is 15.3. The van der Waals surface area contributed by atoms with E-state index in [1.54, 1.807) is 13.2 Å². The smallest absolute Gasteiger partial charge is 0.193 e. The molecule has 3 rings (SSSR count). The van der Waals surface area contributed by atoms with E-state index in [9.17, 15) is 5.11 Å². The molecule has 2 aliphatic rings. The van der Waals surface area contributed by atoms with Gasteiger partial charge < -0.3 is 24.8 Å². The zero-order chi connectivity index (χ0) is 17.7. The first-order valence-electron chi connectivity index (χ1n) is 9.13. The molecule has 6 heteroatoms. The van der Waals surface area contributed by atoms with Crippen LogP contribution in [0, 0.1) is 5.41 Å². The molecule has 1 aromatic rings. The van der Waals surface area contributed by atoms with Gasteiger partial charge in [-0.1, -0.05) is 6.07 Å². The number of aromatic hydroxyl groups is 1. The summed E-state index contributed by atoms with van der Waals surface area (Å²) in [5, 5.41) is 13.1.